The Labute approximate surface area is 74.4 Å². The van der Waals surface area contributed by atoms with Crippen LogP contribution in [0.25, 0.3) is 0 Å². The molecule has 0 atom stereocenters. The van der Waals surface area contributed by atoms with Gasteiger partial charge in [0.1, 0.15) is 0 Å². The molecule has 1 rings (SSSR count). The number of hydrogen-bond acceptors (Lipinski definition) is 1. The molecule has 3 nitrogen and oxygen atoms in total. The summed E-state index contributed by atoms with van der Waals surface area (Å²) < 4.78 is 0. The predicted molar refractivity (Wildman–Crippen MR) is 52.2 cm³/mol. The molecule has 0 radical (unpaired) electrons. The normalized spacial score (nSPS) is 17.9. The van der Waals surface area contributed by atoms with Crippen molar-refractivity contribution < 1.29 is 0 Å². The molecule has 0 unspecified atom stereocenters. The maximum absolute atomic E-state index is 5.64. The highest BCUT2D eigenvalue weighted by Gasteiger charge is 2.20. The minimum absolute atomic E-state index is 0.625. The summed E-state index contributed by atoms with van der Waals surface area (Å²) in [6, 6.07) is 0.625. The molecule has 3 heteroatoms. The lowest BCUT2D eigenvalue weighted by Gasteiger charge is -2.02. The highest BCUT2D eigenvalue weighted by atomic mass is 15.1. The Balaban J connectivity index is 1.99. The van der Waals surface area contributed by atoms with E-state index in [1.165, 1.54) is 25.7 Å². The van der Waals surface area contributed by atoms with Gasteiger partial charge in [-0.2, -0.15) is 0 Å². The summed E-state index contributed by atoms with van der Waals surface area (Å²) in [6.07, 6.45) is 6.16. The SMILES string of the molecule is CCCCCN=C(N)NC1CC1. The Kier molecular flexibility index (Phi) is 3.91. The minimum Gasteiger partial charge on any atom is -0.370 e. The summed E-state index contributed by atoms with van der Waals surface area (Å²) in [7, 11) is 0. The van der Waals surface area contributed by atoms with Crippen LogP contribution in [0.15, 0.2) is 4.99 Å². The summed E-state index contributed by atoms with van der Waals surface area (Å²) in [5, 5.41) is 3.16. The molecule has 0 aromatic heterocycles. The summed E-state index contributed by atoms with van der Waals surface area (Å²) in [6.45, 7) is 3.06. The monoisotopic (exact) mass is 169 g/mol. The number of hydrogen-bond donors (Lipinski definition) is 2. The zero-order valence-corrected chi connectivity index (χ0v) is 7.84. The van der Waals surface area contributed by atoms with Gasteiger partial charge in [0.15, 0.2) is 5.96 Å². The fourth-order valence-electron chi connectivity index (χ4n) is 1.04. The first-order chi connectivity index (χ1) is 5.83. The standard InChI is InChI=1S/C9H19N3/c1-2-3-4-7-11-9(10)12-8-5-6-8/h8H,2-7H2,1H3,(H3,10,11,12). The molecule has 0 saturated heterocycles. The van der Waals surface area contributed by atoms with Crippen molar-refractivity contribution in [2.75, 3.05) is 6.54 Å². The molecule has 1 fully saturated rings. The number of rotatable bonds is 5. The third-order valence-corrected chi connectivity index (χ3v) is 1.97. The van der Waals surface area contributed by atoms with Crippen LogP contribution >= 0.6 is 0 Å². The fourth-order valence-corrected chi connectivity index (χ4v) is 1.04. The highest BCUT2D eigenvalue weighted by Crippen LogP contribution is 2.17. The van der Waals surface area contributed by atoms with Crippen LogP contribution in [0.2, 0.25) is 0 Å². The number of unbranched alkanes of at least 4 members (excludes halogenated alkanes) is 2. The molecule has 0 bridgehead atoms. The van der Waals surface area contributed by atoms with E-state index in [4.69, 9.17) is 5.73 Å². The third-order valence-electron chi connectivity index (χ3n) is 1.97. The van der Waals surface area contributed by atoms with E-state index in [-0.39, 0.29) is 0 Å². The highest BCUT2D eigenvalue weighted by molar-refractivity contribution is 5.78. The van der Waals surface area contributed by atoms with Crippen LogP contribution in [-0.4, -0.2) is 18.5 Å². The van der Waals surface area contributed by atoms with E-state index in [2.05, 4.69) is 17.2 Å². The first-order valence-corrected chi connectivity index (χ1v) is 4.89. The van der Waals surface area contributed by atoms with Crippen LogP contribution in [0.1, 0.15) is 39.0 Å². The lowest BCUT2D eigenvalue weighted by Crippen LogP contribution is -2.33. The average Bonchev–Trinajstić information content (AvgIpc) is 2.82. The van der Waals surface area contributed by atoms with Crippen LogP contribution in [-0.2, 0) is 0 Å². The Bertz CT molecular complexity index is 150. The van der Waals surface area contributed by atoms with Crippen molar-refractivity contribution in [2.24, 2.45) is 10.7 Å². The van der Waals surface area contributed by atoms with Gasteiger partial charge in [0.25, 0.3) is 0 Å². The maximum atomic E-state index is 5.64. The lowest BCUT2D eigenvalue weighted by molar-refractivity contribution is 0.723. The molecule has 3 N–H and O–H groups in total. The van der Waals surface area contributed by atoms with Crippen molar-refractivity contribution in [1.29, 1.82) is 0 Å². The molecule has 0 aromatic carbocycles. The van der Waals surface area contributed by atoms with Gasteiger partial charge >= 0.3 is 0 Å². The van der Waals surface area contributed by atoms with Crippen molar-refractivity contribution in [1.82, 2.24) is 5.32 Å². The van der Waals surface area contributed by atoms with Gasteiger partial charge < -0.3 is 11.1 Å². The summed E-state index contributed by atoms with van der Waals surface area (Å²) >= 11 is 0. The Morgan fingerprint density at radius 2 is 2.25 bits per heavy atom. The number of aliphatic imine (C=N–C) groups is 1. The zero-order valence-electron chi connectivity index (χ0n) is 7.84. The second kappa shape index (κ2) is 5.01. The van der Waals surface area contributed by atoms with Gasteiger partial charge in [0, 0.05) is 12.6 Å². The van der Waals surface area contributed by atoms with Gasteiger partial charge in [-0.25, -0.2) is 0 Å². The van der Waals surface area contributed by atoms with E-state index in [0.29, 0.717) is 12.0 Å². The number of nitrogens with two attached hydrogens (primary N) is 1. The van der Waals surface area contributed by atoms with Gasteiger partial charge in [-0.1, -0.05) is 19.8 Å². The molecule has 0 aliphatic heterocycles. The van der Waals surface area contributed by atoms with E-state index in [1.54, 1.807) is 0 Å². The van der Waals surface area contributed by atoms with E-state index in [0.717, 1.165) is 13.0 Å². The Morgan fingerprint density at radius 3 is 2.83 bits per heavy atom. The Morgan fingerprint density at radius 1 is 1.50 bits per heavy atom. The minimum atomic E-state index is 0.625. The molecular weight excluding hydrogens is 150 g/mol. The number of guanidine groups is 1. The molecule has 12 heavy (non-hydrogen) atoms. The fraction of sp³-hybridized carbons (Fsp3) is 0.889. The number of nitrogens with one attached hydrogen (secondary N) is 1. The first-order valence-electron chi connectivity index (χ1n) is 4.89. The van der Waals surface area contributed by atoms with Crippen LogP contribution < -0.4 is 11.1 Å². The topological polar surface area (TPSA) is 50.4 Å². The smallest absolute Gasteiger partial charge is 0.188 e. The molecule has 0 aromatic rings. The van der Waals surface area contributed by atoms with Crippen molar-refractivity contribution >= 4 is 5.96 Å². The van der Waals surface area contributed by atoms with Crippen LogP contribution in [0, 0.1) is 0 Å². The first kappa shape index (κ1) is 9.36. The van der Waals surface area contributed by atoms with Crippen molar-refractivity contribution in [3.63, 3.8) is 0 Å². The molecule has 1 saturated carbocycles. The van der Waals surface area contributed by atoms with Crippen molar-refractivity contribution in [3.05, 3.63) is 0 Å². The van der Waals surface area contributed by atoms with Crippen molar-refractivity contribution in [2.45, 2.75) is 45.1 Å². The van der Waals surface area contributed by atoms with Gasteiger partial charge in [0.05, 0.1) is 0 Å². The molecule has 0 amide bonds. The van der Waals surface area contributed by atoms with Crippen molar-refractivity contribution in [3.8, 4) is 0 Å². The van der Waals surface area contributed by atoms with Gasteiger partial charge in [-0.15, -0.1) is 0 Å². The largest absolute Gasteiger partial charge is 0.370 e. The van der Waals surface area contributed by atoms with E-state index in [9.17, 15) is 0 Å². The predicted octanol–water partition coefficient (Wildman–Crippen LogP) is 1.24. The van der Waals surface area contributed by atoms with E-state index >= 15 is 0 Å². The molecule has 0 spiro atoms. The molecular formula is C9H19N3. The van der Waals surface area contributed by atoms with E-state index < -0.39 is 0 Å². The zero-order chi connectivity index (χ0) is 8.81. The van der Waals surface area contributed by atoms with Crippen LogP contribution in [0.5, 0.6) is 0 Å². The molecule has 70 valence electrons. The number of nitrogens with zero attached hydrogens (tertiary/aromatic N) is 1. The van der Waals surface area contributed by atoms with Gasteiger partial charge in [-0.3, -0.25) is 4.99 Å². The van der Waals surface area contributed by atoms with Crippen LogP contribution in [0.3, 0.4) is 0 Å². The molecule has 1 aliphatic carbocycles. The molecule has 0 heterocycles. The second-order valence-electron chi connectivity index (χ2n) is 3.39. The summed E-state index contributed by atoms with van der Waals surface area (Å²) in [5.74, 6) is 0.633. The van der Waals surface area contributed by atoms with E-state index in [1.807, 2.05) is 0 Å². The summed E-state index contributed by atoms with van der Waals surface area (Å²) in [4.78, 5) is 4.23. The van der Waals surface area contributed by atoms with Crippen LogP contribution in [0.4, 0.5) is 0 Å². The van der Waals surface area contributed by atoms with Gasteiger partial charge in [-0.05, 0) is 19.3 Å². The quantitative estimate of drug-likeness (QED) is 0.369. The molecule has 1 aliphatic rings. The average molecular weight is 169 g/mol. The summed E-state index contributed by atoms with van der Waals surface area (Å²) in [5.41, 5.74) is 5.64. The van der Waals surface area contributed by atoms with Gasteiger partial charge in [0.2, 0.25) is 0 Å². The lowest BCUT2D eigenvalue weighted by atomic mass is 10.2. The maximum Gasteiger partial charge on any atom is 0.188 e. The second-order valence-corrected chi connectivity index (χ2v) is 3.39. The third kappa shape index (κ3) is 4.21. The Hall–Kier alpha value is -0.730.